The number of non-ortho nitro benzene ring substituents is 1. The van der Waals surface area contributed by atoms with Gasteiger partial charge in [-0.05, 0) is 49.2 Å². The summed E-state index contributed by atoms with van der Waals surface area (Å²) in [6, 6.07) is 10.6. The largest absolute Gasteiger partial charge is 0.508 e. The molecule has 0 radical (unpaired) electrons. The fourth-order valence-corrected chi connectivity index (χ4v) is 1.90. The predicted octanol–water partition coefficient (Wildman–Crippen LogP) is 3.61. The molecule has 0 saturated carbocycles. The van der Waals surface area contributed by atoms with Crippen LogP contribution in [0.4, 0.5) is 17.1 Å². The van der Waals surface area contributed by atoms with E-state index in [1.807, 2.05) is 6.92 Å². The number of hydrogen-bond donors (Lipinski definition) is 2. The fourth-order valence-electron chi connectivity index (χ4n) is 1.90. The summed E-state index contributed by atoms with van der Waals surface area (Å²) in [5, 5.41) is 28.4. The Balaban J connectivity index is 2.17. The Morgan fingerprint density at radius 3 is 2.36 bits per heavy atom. The molecule has 0 aliphatic rings. The lowest BCUT2D eigenvalue weighted by molar-refractivity contribution is -0.384. The number of nitro groups is 1. The zero-order chi connectivity index (χ0) is 16.1. The van der Waals surface area contributed by atoms with Gasteiger partial charge in [0.05, 0.1) is 16.3 Å². The molecular weight excluding hydrogens is 284 g/mol. The van der Waals surface area contributed by atoms with E-state index in [0.717, 1.165) is 0 Å². The number of aromatic hydroxyl groups is 1. The van der Waals surface area contributed by atoms with E-state index in [2.05, 4.69) is 10.2 Å². The normalized spacial score (nSPS) is 12.5. The molecule has 0 spiro atoms. The van der Waals surface area contributed by atoms with Crippen LogP contribution >= 0.6 is 0 Å². The summed E-state index contributed by atoms with van der Waals surface area (Å²) in [4.78, 5) is 10.1. The van der Waals surface area contributed by atoms with Crippen molar-refractivity contribution in [2.45, 2.75) is 19.4 Å². The minimum absolute atomic E-state index is 0.00260. The number of hydrogen-bond acceptors (Lipinski definition) is 6. The number of rotatable bonds is 5. The van der Waals surface area contributed by atoms with Crippen LogP contribution in [0.15, 0.2) is 52.7 Å². The molecule has 1 unspecified atom stereocenters. The summed E-state index contributed by atoms with van der Waals surface area (Å²) < 4.78 is 0. The zero-order valence-electron chi connectivity index (χ0n) is 12.0. The molecule has 0 fully saturated rings. The molecule has 7 nitrogen and oxygen atoms in total. The van der Waals surface area contributed by atoms with E-state index in [1.165, 1.54) is 24.3 Å². The number of nitrogens with zero attached hydrogens (tertiary/aromatic N) is 3. The molecule has 0 saturated heterocycles. The first-order valence-electron chi connectivity index (χ1n) is 6.69. The lowest BCUT2D eigenvalue weighted by Crippen LogP contribution is -2.17. The number of nitro benzene ring substituents is 1. The van der Waals surface area contributed by atoms with Gasteiger partial charge in [-0.1, -0.05) is 0 Å². The fraction of sp³-hybridized carbons (Fsp3) is 0.200. The second-order valence-electron chi connectivity index (χ2n) is 4.97. The van der Waals surface area contributed by atoms with Gasteiger partial charge >= 0.3 is 0 Å². The van der Waals surface area contributed by atoms with Crippen LogP contribution in [-0.4, -0.2) is 16.1 Å². The van der Waals surface area contributed by atoms with Gasteiger partial charge in [-0.15, -0.1) is 0 Å². The van der Waals surface area contributed by atoms with Crippen molar-refractivity contribution >= 4 is 17.1 Å². The maximum atomic E-state index is 10.6. The summed E-state index contributed by atoms with van der Waals surface area (Å²) in [6.07, 6.45) is 0.534. The highest BCUT2D eigenvalue weighted by Crippen LogP contribution is 2.26. The zero-order valence-corrected chi connectivity index (χ0v) is 12.0. The standard InChI is InChI=1S/C15H16N4O3/c1-10(16)8-11-9-13(4-7-15(11)20)18-17-12-2-5-14(6-3-12)19(21)22/h2-7,9-10,20H,8,16H2,1H3. The Kier molecular flexibility index (Phi) is 4.80. The van der Waals surface area contributed by atoms with Gasteiger partial charge in [0.25, 0.3) is 5.69 Å². The lowest BCUT2D eigenvalue weighted by atomic mass is 10.1. The van der Waals surface area contributed by atoms with Crippen LogP contribution in [-0.2, 0) is 6.42 Å². The molecule has 2 aromatic rings. The molecule has 3 N–H and O–H groups in total. The van der Waals surface area contributed by atoms with Crippen LogP contribution in [0, 0.1) is 10.1 Å². The van der Waals surface area contributed by atoms with Gasteiger partial charge in [-0.25, -0.2) is 0 Å². The van der Waals surface area contributed by atoms with Crippen LogP contribution in [0.3, 0.4) is 0 Å². The molecule has 114 valence electrons. The molecule has 0 heterocycles. The number of azo groups is 1. The molecule has 0 amide bonds. The van der Waals surface area contributed by atoms with Crippen molar-refractivity contribution in [2.24, 2.45) is 16.0 Å². The lowest BCUT2D eigenvalue weighted by Gasteiger charge is -2.07. The maximum Gasteiger partial charge on any atom is 0.269 e. The van der Waals surface area contributed by atoms with E-state index in [1.54, 1.807) is 18.2 Å². The maximum absolute atomic E-state index is 10.6. The van der Waals surface area contributed by atoms with Crippen molar-refractivity contribution in [3.8, 4) is 5.75 Å². The minimum atomic E-state index is -0.471. The SMILES string of the molecule is CC(N)Cc1cc(N=Nc2ccc([N+](=O)[O-])cc2)ccc1O. The van der Waals surface area contributed by atoms with Crippen LogP contribution in [0.5, 0.6) is 5.75 Å². The highest BCUT2D eigenvalue weighted by molar-refractivity contribution is 5.48. The molecular formula is C15H16N4O3. The van der Waals surface area contributed by atoms with Gasteiger partial charge < -0.3 is 10.8 Å². The average Bonchev–Trinajstić information content (AvgIpc) is 2.48. The molecule has 0 aliphatic carbocycles. The Morgan fingerprint density at radius 1 is 1.18 bits per heavy atom. The molecule has 0 aromatic heterocycles. The second-order valence-corrected chi connectivity index (χ2v) is 4.97. The van der Waals surface area contributed by atoms with Crippen LogP contribution < -0.4 is 5.73 Å². The second kappa shape index (κ2) is 6.77. The summed E-state index contributed by atoms with van der Waals surface area (Å²) >= 11 is 0. The minimum Gasteiger partial charge on any atom is -0.508 e. The predicted molar refractivity (Wildman–Crippen MR) is 82.7 cm³/mol. The highest BCUT2D eigenvalue weighted by Gasteiger charge is 2.06. The molecule has 2 aromatic carbocycles. The van der Waals surface area contributed by atoms with Gasteiger partial charge in [0.1, 0.15) is 5.75 Å². The van der Waals surface area contributed by atoms with Gasteiger partial charge in [0.15, 0.2) is 0 Å². The Hall–Kier alpha value is -2.80. The van der Waals surface area contributed by atoms with Crippen molar-refractivity contribution in [2.75, 3.05) is 0 Å². The number of phenols is 1. The van der Waals surface area contributed by atoms with Crippen LogP contribution in [0.25, 0.3) is 0 Å². The van der Waals surface area contributed by atoms with Gasteiger partial charge in [0, 0.05) is 18.2 Å². The van der Waals surface area contributed by atoms with Crippen molar-refractivity contribution in [3.63, 3.8) is 0 Å². The number of phenolic OH excluding ortho intramolecular Hbond substituents is 1. The van der Waals surface area contributed by atoms with E-state index in [-0.39, 0.29) is 17.5 Å². The topological polar surface area (TPSA) is 114 Å². The molecule has 22 heavy (non-hydrogen) atoms. The molecule has 7 heteroatoms. The van der Waals surface area contributed by atoms with E-state index in [9.17, 15) is 15.2 Å². The average molecular weight is 300 g/mol. The van der Waals surface area contributed by atoms with E-state index in [0.29, 0.717) is 23.4 Å². The van der Waals surface area contributed by atoms with Crippen molar-refractivity contribution < 1.29 is 10.0 Å². The third-order valence-electron chi connectivity index (χ3n) is 2.95. The Morgan fingerprint density at radius 2 is 1.77 bits per heavy atom. The summed E-state index contributed by atoms with van der Waals surface area (Å²) in [5.74, 6) is 0.173. The first-order chi connectivity index (χ1) is 10.5. The third kappa shape index (κ3) is 4.10. The first kappa shape index (κ1) is 15.6. The van der Waals surface area contributed by atoms with E-state index >= 15 is 0 Å². The smallest absolute Gasteiger partial charge is 0.269 e. The summed E-state index contributed by atoms with van der Waals surface area (Å²) in [6.45, 7) is 1.85. The molecule has 0 bridgehead atoms. The molecule has 0 aliphatic heterocycles. The van der Waals surface area contributed by atoms with Crippen LogP contribution in [0.1, 0.15) is 12.5 Å². The Labute approximate surface area is 127 Å². The number of benzene rings is 2. The molecule has 2 rings (SSSR count). The van der Waals surface area contributed by atoms with Crippen molar-refractivity contribution in [1.82, 2.24) is 0 Å². The van der Waals surface area contributed by atoms with Gasteiger partial charge in [0.2, 0.25) is 0 Å². The van der Waals surface area contributed by atoms with E-state index < -0.39 is 4.92 Å². The highest BCUT2D eigenvalue weighted by atomic mass is 16.6. The number of nitrogens with two attached hydrogens (primary N) is 1. The summed E-state index contributed by atoms with van der Waals surface area (Å²) in [7, 11) is 0. The van der Waals surface area contributed by atoms with Gasteiger partial charge in [-0.2, -0.15) is 10.2 Å². The van der Waals surface area contributed by atoms with E-state index in [4.69, 9.17) is 5.73 Å². The monoisotopic (exact) mass is 300 g/mol. The van der Waals surface area contributed by atoms with Gasteiger partial charge in [-0.3, -0.25) is 10.1 Å². The Bertz CT molecular complexity index is 696. The van der Waals surface area contributed by atoms with Crippen molar-refractivity contribution in [3.05, 3.63) is 58.1 Å². The third-order valence-corrected chi connectivity index (χ3v) is 2.95. The molecule has 1 atom stereocenters. The van der Waals surface area contributed by atoms with Crippen molar-refractivity contribution in [1.29, 1.82) is 0 Å². The quantitative estimate of drug-likeness (QED) is 0.498. The van der Waals surface area contributed by atoms with Crippen LogP contribution in [0.2, 0.25) is 0 Å². The first-order valence-corrected chi connectivity index (χ1v) is 6.69. The summed E-state index contributed by atoms with van der Waals surface area (Å²) in [5.41, 5.74) is 7.52.